The van der Waals surface area contributed by atoms with E-state index < -0.39 is 15.9 Å². The van der Waals surface area contributed by atoms with Crippen molar-refractivity contribution in [2.75, 3.05) is 25.5 Å². The van der Waals surface area contributed by atoms with E-state index in [4.69, 9.17) is 27.9 Å². The zero-order valence-corrected chi connectivity index (χ0v) is 20.5. The third-order valence-corrected chi connectivity index (χ3v) is 7.42. The molecule has 0 aliphatic heterocycles. The van der Waals surface area contributed by atoms with Gasteiger partial charge in [0.1, 0.15) is 5.75 Å². The lowest BCUT2D eigenvalue weighted by molar-refractivity contribution is -0.116. The van der Waals surface area contributed by atoms with Crippen molar-refractivity contribution in [2.24, 2.45) is 0 Å². The first-order valence-corrected chi connectivity index (χ1v) is 12.3. The summed E-state index contributed by atoms with van der Waals surface area (Å²) in [6.45, 7) is 1.57. The standard InChI is InChI=1S/C24H24Cl2N2O4S/c1-17-8-9-19(25)14-22(17)27-24(29)16-28(13-12-18-6-4-3-5-7-18)33(30,31)20-10-11-23(32-2)21(26)15-20/h3-11,14-15H,12-13,16H2,1-2H3,(H,27,29). The molecule has 0 aliphatic carbocycles. The van der Waals surface area contributed by atoms with Crippen LogP contribution < -0.4 is 10.1 Å². The van der Waals surface area contributed by atoms with Gasteiger partial charge in [0.2, 0.25) is 15.9 Å². The van der Waals surface area contributed by atoms with Gasteiger partial charge < -0.3 is 10.1 Å². The fraction of sp³-hybridized carbons (Fsp3) is 0.208. The van der Waals surface area contributed by atoms with Crippen LogP contribution in [0.15, 0.2) is 71.6 Å². The van der Waals surface area contributed by atoms with E-state index in [1.807, 2.05) is 37.3 Å². The Balaban J connectivity index is 1.87. The Kier molecular flexibility index (Phi) is 8.37. The first-order valence-electron chi connectivity index (χ1n) is 10.1. The molecule has 1 amide bonds. The van der Waals surface area contributed by atoms with Crippen LogP contribution >= 0.6 is 23.2 Å². The van der Waals surface area contributed by atoms with Crippen LogP contribution in [0.1, 0.15) is 11.1 Å². The minimum atomic E-state index is -4.02. The SMILES string of the molecule is COc1ccc(S(=O)(=O)N(CCc2ccccc2)CC(=O)Nc2cc(Cl)ccc2C)cc1Cl. The number of carbonyl (C=O) groups is 1. The largest absolute Gasteiger partial charge is 0.495 e. The van der Waals surface area contributed by atoms with Gasteiger partial charge >= 0.3 is 0 Å². The highest BCUT2D eigenvalue weighted by Crippen LogP contribution is 2.28. The van der Waals surface area contributed by atoms with Crippen molar-refractivity contribution >= 4 is 44.8 Å². The molecule has 33 heavy (non-hydrogen) atoms. The summed E-state index contributed by atoms with van der Waals surface area (Å²) in [7, 11) is -2.57. The summed E-state index contributed by atoms with van der Waals surface area (Å²) in [5.41, 5.74) is 2.30. The van der Waals surface area contributed by atoms with E-state index in [9.17, 15) is 13.2 Å². The van der Waals surface area contributed by atoms with Crippen LogP contribution in [0.5, 0.6) is 5.75 Å². The van der Waals surface area contributed by atoms with Crippen molar-refractivity contribution in [3.63, 3.8) is 0 Å². The third-order valence-electron chi connectivity index (χ3n) is 5.05. The molecule has 0 fully saturated rings. The molecule has 6 nitrogen and oxygen atoms in total. The van der Waals surface area contributed by atoms with Gasteiger partial charge in [0.15, 0.2) is 0 Å². The van der Waals surface area contributed by atoms with Crippen LogP contribution in [-0.4, -0.2) is 38.8 Å². The topological polar surface area (TPSA) is 75.7 Å². The summed E-state index contributed by atoms with van der Waals surface area (Å²) in [4.78, 5) is 12.8. The number of methoxy groups -OCH3 is 1. The summed E-state index contributed by atoms with van der Waals surface area (Å²) in [6, 6.07) is 18.8. The van der Waals surface area contributed by atoms with Crippen molar-refractivity contribution in [1.29, 1.82) is 0 Å². The number of halogens is 2. The van der Waals surface area contributed by atoms with Crippen molar-refractivity contribution in [1.82, 2.24) is 4.31 Å². The molecule has 0 saturated carbocycles. The predicted octanol–water partition coefficient (Wildman–Crippen LogP) is 5.18. The van der Waals surface area contributed by atoms with Crippen molar-refractivity contribution in [3.8, 4) is 5.75 Å². The van der Waals surface area contributed by atoms with Gasteiger partial charge in [-0.15, -0.1) is 0 Å². The van der Waals surface area contributed by atoms with Gasteiger partial charge in [-0.2, -0.15) is 4.31 Å². The molecular weight excluding hydrogens is 483 g/mol. The highest BCUT2D eigenvalue weighted by Gasteiger charge is 2.27. The predicted molar refractivity (Wildman–Crippen MR) is 132 cm³/mol. The van der Waals surface area contributed by atoms with Gasteiger partial charge in [-0.1, -0.05) is 59.6 Å². The lowest BCUT2D eigenvalue weighted by Gasteiger charge is -2.22. The second-order valence-corrected chi connectivity index (χ2v) is 10.2. The number of hydrogen-bond donors (Lipinski definition) is 1. The van der Waals surface area contributed by atoms with Crippen LogP contribution in [-0.2, 0) is 21.2 Å². The Morgan fingerprint density at radius 2 is 1.76 bits per heavy atom. The van der Waals surface area contributed by atoms with Crippen LogP contribution in [0.25, 0.3) is 0 Å². The molecule has 0 heterocycles. The quantitative estimate of drug-likeness (QED) is 0.433. The number of aryl methyl sites for hydroxylation is 1. The molecule has 0 radical (unpaired) electrons. The number of nitrogens with one attached hydrogen (secondary N) is 1. The molecule has 0 spiro atoms. The molecule has 0 atom stereocenters. The van der Waals surface area contributed by atoms with Crippen molar-refractivity contribution in [2.45, 2.75) is 18.2 Å². The average molecular weight is 507 g/mol. The van der Waals surface area contributed by atoms with Crippen LogP contribution in [0, 0.1) is 6.92 Å². The monoisotopic (exact) mass is 506 g/mol. The molecular formula is C24H24Cl2N2O4S. The molecule has 3 rings (SSSR count). The third kappa shape index (κ3) is 6.48. The Bertz CT molecular complexity index is 1230. The number of hydrogen-bond acceptors (Lipinski definition) is 4. The van der Waals surface area contributed by atoms with E-state index in [0.29, 0.717) is 22.9 Å². The van der Waals surface area contributed by atoms with E-state index in [0.717, 1.165) is 15.4 Å². The fourth-order valence-electron chi connectivity index (χ4n) is 3.22. The smallest absolute Gasteiger partial charge is 0.243 e. The number of amides is 1. The average Bonchev–Trinajstić information content (AvgIpc) is 2.79. The van der Waals surface area contributed by atoms with E-state index in [1.54, 1.807) is 18.2 Å². The van der Waals surface area contributed by atoms with E-state index >= 15 is 0 Å². The minimum Gasteiger partial charge on any atom is -0.495 e. The summed E-state index contributed by atoms with van der Waals surface area (Å²) >= 11 is 12.2. The van der Waals surface area contributed by atoms with E-state index in [-0.39, 0.29) is 23.0 Å². The number of anilines is 1. The molecule has 3 aromatic carbocycles. The fourth-order valence-corrected chi connectivity index (χ4v) is 5.14. The number of benzene rings is 3. The molecule has 3 aromatic rings. The van der Waals surface area contributed by atoms with E-state index in [2.05, 4.69) is 5.32 Å². The second-order valence-electron chi connectivity index (χ2n) is 7.38. The molecule has 0 bridgehead atoms. The first-order chi connectivity index (χ1) is 15.7. The van der Waals surface area contributed by atoms with Crippen LogP contribution in [0.2, 0.25) is 10.0 Å². The lowest BCUT2D eigenvalue weighted by atomic mass is 10.1. The highest BCUT2D eigenvalue weighted by atomic mass is 35.5. The maximum Gasteiger partial charge on any atom is 0.243 e. The van der Waals surface area contributed by atoms with E-state index in [1.165, 1.54) is 25.3 Å². The van der Waals surface area contributed by atoms with Gasteiger partial charge in [-0.3, -0.25) is 4.79 Å². The number of sulfonamides is 1. The maximum atomic E-state index is 13.4. The van der Waals surface area contributed by atoms with Crippen LogP contribution in [0.4, 0.5) is 5.69 Å². The Morgan fingerprint density at radius 1 is 1.03 bits per heavy atom. The highest BCUT2D eigenvalue weighted by molar-refractivity contribution is 7.89. The maximum absolute atomic E-state index is 13.4. The summed E-state index contributed by atoms with van der Waals surface area (Å²) in [5.74, 6) is -0.114. The lowest BCUT2D eigenvalue weighted by Crippen LogP contribution is -2.39. The van der Waals surface area contributed by atoms with Gasteiger partial charge in [0.25, 0.3) is 0 Å². The van der Waals surface area contributed by atoms with Gasteiger partial charge in [0, 0.05) is 17.3 Å². The zero-order chi connectivity index (χ0) is 24.0. The zero-order valence-electron chi connectivity index (χ0n) is 18.2. The number of nitrogens with zero attached hydrogens (tertiary/aromatic N) is 1. The molecule has 174 valence electrons. The minimum absolute atomic E-state index is 0.0203. The first kappa shape index (κ1) is 25.1. The van der Waals surface area contributed by atoms with Gasteiger partial charge in [0.05, 0.1) is 23.6 Å². The van der Waals surface area contributed by atoms with Gasteiger partial charge in [-0.25, -0.2) is 8.42 Å². The van der Waals surface area contributed by atoms with Gasteiger partial charge in [-0.05, 0) is 54.8 Å². The number of ether oxygens (including phenoxy) is 1. The van der Waals surface area contributed by atoms with Crippen molar-refractivity contribution in [3.05, 3.63) is 87.9 Å². The molecule has 0 unspecified atom stereocenters. The number of rotatable bonds is 9. The van der Waals surface area contributed by atoms with Crippen molar-refractivity contribution < 1.29 is 17.9 Å². The normalized spacial score (nSPS) is 11.4. The molecule has 0 saturated heterocycles. The number of carbonyl (C=O) groups excluding carboxylic acids is 1. The second kappa shape index (κ2) is 11.0. The molecule has 1 N–H and O–H groups in total. The summed E-state index contributed by atoms with van der Waals surface area (Å²) < 4.78 is 33.1. The molecule has 9 heteroatoms. The Morgan fingerprint density at radius 3 is 2.42 bits per heavy atom. The molecule has 0 aliphatic rings. The summed E-state index contributed by atoms with van der Waals surface area (Å²) in [5, 5.41) is 3.39. The van der Waals surface area contributed by atoms with Crippen LogP contribution in [0.3, 0.4) is 0 Å². The summed E-state index contributed by atoms with van der Waals surface area (Å²) in [6.07, 6.45) is 0.438. The Labute approximate surface area is 204 Å². The molecule has 0 aromatic heterocycles. The Hall–Kier alpha value is -2.58.